The van der Waals surface area contributed by atoms with E-state index in [1.165, 1.54) is 0 Å². The van der Waals surface area contributed by atoms with E-state index in [0.29, 0.717) is 38.0 Å². The number of amides is 2. The van der Waals surface area contributed by atoms with Gasteiger partial charge < -0.3 is 10.2 Å². The van der Waals surface area contributed by atoms with Gasteiger partial charge >= 0.3 is 0 Å². The molecule has 0 spiro atoms. The Morgan fingerprint density at radius 3 is 2.48 bits per heavy atom. The number of hydrogen-bond donors (Lipinski definition) is 1. The zero-order valence-corrected chi connectivity index (χ0v) is 14.4. The SMILES string of the molecule is Cc1ccc(C(=O)N2CCC(C(=O)NCc3ccccn3)CC2)cc1. The Hall–Kier alpha value is -2.69. The van der Waals surface area contributed by atoms with E-state index in [-0.39, 0.29) is 17.7 Å². The summed E-state index contributed by atoms with van der Waals surface area (Å²) in [5.41, 5.74) is 2.70. The Morgan fingerprint density at radius 2 is 1.84 bits per heavy atom. The number of carbonyl (C=O) groups is 2. The van der Waals surface area contributed by atoms with Gasteiger partial charge in [0.15, 0.2) is 0 Å². The Bertz CT molecular complexity index is 720. The van der Waals surface area contributed by atoms with Crippen LogP contribution in [0, 0.1) is 12.8 Å². The monoisotopic (exact) mass is 337 g/mol. The summed E-state index contributed by atoms with van der Waals surface area (Å²) < 4.78 is 0. The summed E-state index contributed by atoms with van der Waals surface area (Å²) >= 11 is 0. The smallest absolute Gasteiger partial charge is 0.253 e. The van der Waals surface area contributed by atoms with Crippen molar-refractivity contribution in [3.63, 3.8) is 0 Å². The van der Waals surface area contributed by atoms with Gasteiger partial charge in [-0.05, 0) is 44.0 Å². The topological polar surface area (TPSA) is 62.3 Å². The third-order valence-electron chi connectivity index (χ3n) is 4.62. The molecule has 1 aromatic heterocycles. The molecule has 5 heteroatoms. The molecular formula is C20H23N3O2. The van der Waals surface area contributed by atoms with Crippen LogP contribution in [0.4, 0.5) is 0 Å². The normalized spacial score (nSPS) is 15.0. The van der Waals surface area contributed by atoms with Gasteiger partial charge in [0, 0.05) is 30.8 Å². The first-order chi connectivity index (χ1) is 12.1. The van der Waals surface area contributed by atoms with E-state index >= 15 is 0 Å². The minimum Gasteiger partial charge on any atom is -0.350 e. The molecule has 1 N–H and O–H groups in total. The molecule has 2 heterocycles. The zero-order valence-electron chi connectivity index (χ0n) is 14.4. The van der Waals surface area contributed by atoms with Gasteiger partial charge in [-0.15, -0.1) is 0 Å². The first-order valence-corrected chi connectivity index (χ1v) is 8.67. The highest BCUT2D eigenvalue weighted by Crippen LogP contribution is 2.19. The van der Waals surface area contributed by atoms with Crippen molar-refractivity contribution < 1.29 is 9.59 Å². The van der Waals surface area contributed by atoms with E-state index in [2.05, 4.69) is 10.3 Å². The van der Waals surface area contributed by atoms with Crippen LogP contribution in [0.2, 0.25) is 0 Å². The number of aryl methyl sites for hydroxylation is 1. The number of benzene rings is 1. The highest BCUT2D eigenvalue weighted by Gasteiger charge is 2.27. The molecule has 3 rings (SSSR count). The lowest BCUT2D eigenvalue weighted by molar-refractivity contribution is -0.126. The highest BCUT2D eigenvalue weighted by molar-refractivity contribution is 5.94. The van der Waals surface area contributed by atoms with Crippen molar-refractivity contribution in [3.8, 4) is 0 Å². The van der Waals surface area contributed by atoms with Gasteiger partial charge in [-0.2, -0.15) is 0 Å². The molecule has 5 nitrogen and oxygen atoms in total. The van der Waals surface area contributed by atoms with Crippen molar-refractivity contribution in [2.24, 2.45) is 5.92 Å². The number of nitrogens with zero attached hydrogens (tertiary/aromatic N) is 2. The van der Waals surface area contributed by atoms with E-state index < -0.39 is 0 Å². The van der Waals surface area contributed by atoms with Gasteiger partial charge in [0.05, 0.1) is 12.2 Å². The molecule has 25 heavy (non-hydrogen) atoms. The lowest BCUT2D eigenvalue weighted by Crippen LogP contribution is -2.43. The predicted octanol–water partition coefficient (Wildman–Crippen LogP) is 2.56. The number of piperidine rings is 1. The number of hydrogen-bond acceptors (Lipinski definition) is 3. The number of aromatic nitrogens is 1. The minimum atomic E-state index is -0.0363. The van der Waals surface area contributed by atoms with Gasteiger partial charge in [-0.3, -0.25) is 14.6 Å². The van der Waals surface area contributed by atoms with Crippen LogP contribution in [0.15, 0.2) is 48.7 Å². The number of likely N-dealkylation sites (tertiary alicyclic amines) is 1. The first-order valence-electron chi connectivity index (χ1n) is 8.67. The van der Waals surface area contributed by atoms with E-state index in [9.17, 15) is 9.59 Å². The van der Waals surface area contributed by atoms with Crippen LogP contribution in [0.3, 0.4) is 0 Å². The molecule has 0 aliphatic carbocycles. The second-order valence-corrected chi connectivity index (χ2v) is 6.47. The van der Waals surface area contributed by atoms with Crippen LogP contribution in [0.25, 0.3) is 0 Å². The molecule has 2 amide bonds. The van der Waals surface area contributed by atoms with E-state index in [0.717, 1.165) is 11.3 Å². The molecule has 1 aromatic carbocycles. The molecule has 0 radical (unpaired) electrons. The maximum atomic E-state index is 12.5. The Balaban J connectivity index is 1.48. The summed E-state index contributed by atoms with van der Waals surface area (Å²) in [7, 11) is 0. The highest BCUT2D eigenvalue weighted by atomic mass is 16.2. The molecule has 130 valence electrons. The maximum Gasteiger partial charge on any atom is 0.253 e. The van der Waals surface area contributed by atoms with Crippen LogP contribution in [0.1, 0.15) is 34.5 Å². The number of nitrogens with one attached hydrogen (secondary N) is 1. The second kappa shape index (κ2) is 7.92. The molecule has 0 saturated carbocycles. The van der Waals surface area contributed by atoms with Gasteiger partial charge in [0.1, 0.15) is 0 Å². The molecular weight excluding hydrogens is 314 g/mol. The molecule has 1 saturated heterocycles. The second-order valence-electron chi connectivity index (χ2n) is 6.47. The maximum absolute atomic E-state index is 12.5. The number of carbonyl (C=O) groups excluding carboxylic acids is 2. The van der Waals surface area contributed by atoms with Crippen LogP contribution in [0.5, 0.6) is 0 Å². The quantitative estimate of drug-likeness (QED) is 0.933. The van der Waals surface area contributed by atoms with E-state index in [1.54, 1.807) is 6.20 Å². The molecule has 1 aliphatic rings. The molecule has 1 aliphatic heterocycles. The van der Waals surface area contributed by atoms with Crippen molar-refractivity contribution in [1.29, 1.82) is 0 Å². The molecule has 1 fully saturated rings. The third-order valence-corrected chi connectivity index (χ3v) is 4.62. The average Bonchev–Trinajstić information content (AvgIpc) is 2.67. The standard InChI is InChI=1S/C20H23N3O2/c1-15-5-7-17(8-6-15)20(25)23-12-9-16(10-13-23)19(24)22-14-18-4-2-3-11-21-18/h2-8,11,16H,9-10,12-14H2,1H3,(H,22,24). The average molecular weight is 337 g/mol. The van der Waals surface area contributed by atoms with Gasteiger partial charge in [-0.25, -0.2) is 0 Å². The van der Waals surface area contributed by atoms with Crippen LogP contribution in [-0.2, 0) is 11.3 Å². The minimum absolute atomic E-state index is 0.0363. The molecule has 0 bridgehead atoms. The van der Waals surface area contributed by atoms with E-state index in [1.807, 2.05) is 54.3 Å². The van der Waals surface area contributed by atoms with Crippen molar-refractivity contribution in [2.75, 3.05) is 13.1 Å². The largest absolute Gasteiger partial charge is 0.350 e. The fourth-order valence-corrected chi connectivity index (χ4v) is 3.05. The predicted molar refractivity (Wildman–Crippen MR) is 95.9 cm³/mol. The molecule has 0 atom stereocenters. The Morgan fingerprint density at radius 1 is 1.12 bits per heavy atom. The summed E-state index contributed by atoms with van der Waals surface area (Å²) in [6.07, 6.45) is 3.12. The fraction of sp³-hybridized carbons (Fsp3) is 0.350. The lowest BCUT2D eigenvalue weighted by atomic mass is 9.95. The summed E-state index contributed by atoms with van der Waals surface area (Å²) in [6, 6.07) is 13.3. The number of rotatable bonds is 4. The first kappa shape index (κ1) is 17.1. The molecule has 2 aromatic rings. The van der Waals surface area contributed by atoms with Crippen molar-refractivity contribution >= 4 is 11.8 Å². The van der Waals surface area contributed by atoms with Crippen LogP contribution >= 0.6 is 0 Å². The van der Waals surface area contributed by atoms with E-state index in [4.69, 9.17) is 0 Å². The van der Waals surface area contributed by atoms with Crippen LogP contribution in [-0.4, -0.2) is 34.8 Å². The van der Waals surface area contributed by atoms with Crippen molar-refractivity contribution in [3.05, 3.63) is 65.5 Å². The van der Waals surface area contributed by atoms with Crippen molar-refractivity contribution in [1.82, 2.24) is 15.2 Å². The van der Waals surface area contributed by atoms with Crippen molar-refractivity contribution in [2.45, 2.75) is 26.3 Å². The lowest BCUT2D eigenvalue weighted by Gasteiger charge is -2.31. The fourth-order valence-electron chi connectivity index (χ4n) is 3.05. The zero-order chi connectivity index (χ0) is 17.6. The van der Waals surface area contributed by atoms with Gasteiger partial charge in [0.25, 0.3) is 5.91 Å². The molecule has 0 unspecified atom stereocenters. The van der Waals surface area contributed by atoms with Gasteiger partial charge in [-0.1, -0.05) is 23.8 Å². The third kappa shape index (κ3) is 4.44. The summed E-state index contributed by atoms with van der Waals surface area (Å²) in [5.74, 6) is 0.0613. The summed E-state index contributed by atoms with van der Waals surface area (Å²) in [4.78, 5) is 30.9. The van der Waals surface area contributed by atoms with Gasteiger partial charge in [0.2, 0.25) is 5.91 Å². The van der Waals surface area contributed by atoms with Crippen LogP contribution < -0.4 is 5.32 Å². The summed E-state index contributed by atoms with van der Waals surface area (Å²) in [6.45, 7) is 3.69. The Kier molecular flexibility index (Phi) is 5.43. The summed E-state index contributed by atoms with van der Waals surface area (Å²) in [5, 5.41) is 2.95. The Labute approximate surface area is 148 Å². The number of pyridine rings is 1.